The van der Waals surface area contributed by atoms with Gasteiger partial charge in [-0.3, -0.25) is 14.5 Å². The summed E-state index contributed by atoms with van der Waals surface area (Å²) in [6, 6.07) is 23.5. The van der Waals surface area contributed by atoms with Crippen LogP contribution in [0.2, 0.25) is 0 Å². The zero-order valence-corrected chi connectivity index (χ0v) is 18.1. The second-order valence-electron chi connectivity index (χ2n) is 7.34. The summed E-state index contributed by atoms with van der Waals surface area (Å²) in [4.78, 5) is 39.1. The van der Waals surface area contributed by atoms with Gasteiger partial charge in [-0.25, -0.2) is 4.79 Å². The van der Waals surface area contributed by atoms with Crippen molar-refractivity contribution in [3.05, 3.63) is 107 Å². The van der Waals surface area contributed by atoms with Crippen LogP contribution >= 0.6 is 11.8 Å². The summed E-state index contributed by atoms with van der Waals surface area (Å²) in [5.74, 6) is -0.467. The molecule has 4 aromatic rings. The molecular formula is C26H17NO5S. The molecule has 0 radical (unpaired) electrons. The number of hydrogen-bond donors (Lipinski definition) is 0. The highest BCUT2D eigenvalue weighted by Gasteiger charge is 2.35. The fourth-order valence-corrected chi connectivity index (χ4v) is 4.41. The number of imide groups is 1. The normalized spacial score (nSPS) is 14.9. The Morgan fingerprint density at radius 1 is 0.939 bits per heavy atom. The minimum absolute atomic E-state index is 0.110. The maximum atomic E-state index is 12.9. The van der Waals surface area contributed by atoms with Gasteiger partial charge in [0.05, 0.1) is 17.7 Å². The van der Waals surface area contributed by atoms with E-state index in [-0.39, 0.29) is 23.5 Å². The third kappa shape index (κ3) is 4.31. The second-order valence-corrected chi connectivity index (χ2v) is 8.34. The van der Waals surface area contributed by atoms with Gasteiger partial charge in [0.2, 0.25) is 5.76 Å². The molecule has 2 heterocycles. The molecule has 1 aliphatic rings. The van der Waals surface area contributed by atoms with Gasteiger partial charge in [0, 0.05) is 0 Å². The summed E-state index contributed by atoms with van der Waals surface area (Å²) in [6.45, 7) is 0.213. The minimum atomic E-state index is -0.595. The van der Waals surface area contributed by atoms with Crippen molar-refractivity contribution in [3.63, 3.8) is 0 Å². The molecule has 3 aromatic carbocycles. The number of rotatable bonds is 5. The van der Waals surface area contributed by atoms with Crippen molar-refractivity contribution in [2.24, 2.45) is 0 Å². The van der Waals surface area contributed by atoms with Gasteiger partial charge in [-0.15, -0.1) is 0 Å². The molecule has 0 unspecified atom stereocenters. The van der Waals surface area contributed by atoms with Gasteiger partial charge < -0.3 is 9.15 Å². The van der Waals surface area contributed by atoms with Gasteiger partial charge in [0.15, 0.2) is 0 Å². The lowest BCUT2D eigenvalue weighted by Crippen LogP contribution is -2.27. The van der Waals surface area contributed by atoms with Gasteiger partial charge in [-0.2, -0.15) is 0 Å². The van der Waals surface area contributed by atoms with Crippen LogP contribution in [0.15, 0.2) is 94.4 Å². The van der Waals surface area contributed by atoms with Crippen molar-refractivity contribution in [3.8, 4) is 5.75 Å². The summed E-state index contributed by atoms with van der Waals surface area (Å²) in [5.41, 5.74) is 1.63. The maximum Gasteiger partial charge on any atom is 0.379 e. The molecule has 5 rings (SSSR count). The first-order chi connectivity index (χ1) is 16.1. The Morgan fingerprint density at radius 2 is 1.73 bits per heavy atom. The molecule has 0 aliphatic carbocycles. The zero-order chi connectivity index (χ0) is 22.8. The van der Waals surface area contributed by atoms with Crippen molar-refractivity contribution < 1.29 is 23.5 Å². The number of esters is 1. The van der Waals surface area contributed by atoms with E-state index < -0.39 is 5.97 Å². The number of ether oxygens (including phenoxy) is 1. The molecule has 1 aromatic heterocycles. The Bertz CT molecular complexity index is 1380. The van der Waals surface area contributed by atoms with Crippen molar-refractivity contribution in [1.82, 2.24) is 4.90 Å². The minimum Gasteiger partial charge on any atom is -0.457 e. The fourth-order valence-electron chi connectivity index (χ4n) is 3.57. The molecular weight excluding hydrogens is 438 g/mol. The van der Waals surface area contributed by atoms with Crippen LogP contribution in [0.4, 0.5) is 4.79 Å². The number of hydrogen-bond acceptors (Lipinski definition) is 6. The molecule has 0 spiro atoms. The molecule has 1 fully saturated rings. The highest BCUT2D eigenvalue weighted by atomic mass is 32.2. The molecule has 1 saturated heterocycles. The van der Waals surface area contributed by atoms with Gasteiger partial charge >= 0.3 is 5.97 Å². The maximum absolute atomic E-state index is 12.9. The van der Waals surface area contributed by atoms with Crippen molar-refractivity contribution >= 4 is 45.7 Å². The lowest BCUT2D eigenvalue weighted by molar-refractivity contribution is -0.123. The first-order valence-corrected chi connectivity index (χ1v) is 11.0. The van der Waals surface area contributed by atoms with Crippen LogP contribution in [0.3, 0.4) is 0 Å². The highest BCUT2D eigenvalue weighted by molar-refractivity contribution is 8.18. The van der Waals surface area contributed by atoms with Crippen molar-refractivity contribution in [2.45, 2.75) is 6.54 Å². The summed E-state index contributed by atoms with van der Waals surface area (Å²) in [7, 11) is 0. The lowest BCUT2D eigenvalue weighted by Gasteiger charge is -2.14. The van der Waals surface area contributed by atoms with E-state index >= 15 is 0 Å². The van der Waals surface area contributed by atoms with Crippen LogP contribution in [-0.4, -0.2) is 22.0 Å². The average molecular weight is 455 g/mol. The third-order valence-corrected chi connectivity index (χ3v) is 6.10. The molecule has 162 valence electrons. The lowest BCUT2D eigenvalue weighted by atomic mass is 10.0. The van der Waals surface area contributed by atoms with E-state index in [1.54, 1.807) is 36.4 Å². The first kappa shape index (κ1) is 20.8. The van der Waals surface area contributed by atoms with Crippen LogP contribution in [0, 0.1) is 0 Å². The van der Waals surface area contributed by atoms with E-state index in [1.807, 2.05) is 42.5 Å². The van der Waals surface area contributed by atoms with E-state index in [0.717, 1.165) is 28.1 Å². The van der Waals surface area contributed by atoms with Crippen molar-refractivity contribution in [1.29, 1.82) is 0 Å². The molecule has 0 saturated carbocycles. The summed E-state index contributed by atoms with van der Waals surface area (Å²) in [6.07, 6.45) is 3.05. The van der Waals surface area contributed by atoms with E-state index in [1.165, 1.54) is 17.2 Å². The largest absolute Gasteiger partial charge is 0.457 e. The summed E-state index contributed by atoms with van der Waals surface area (Å²) >= 11 is 0.915. The first-order valence-electron chi connectivity index (χ1n) is 10.2. The smallest absolute Gasteiger partial charge is 0.379 e. The monoisotopic (exact) mass is 455 g/mol. The molecule has 0 atom stereocenters. The third-order valence-electron chi connectivity index (χ3n) is 5.19. The van der Waals surface area contributed by atoms with Crippen LogP contribution in [-0.2, 0) is 11.3 Å². The van der Waals surface area contributed by atoms with E-state index in [0.29, 0.717) is 16.2 Å². The number of benzene rings is 3. The van der Waals surface area contributed by atoms with Gasteiger partial charge in [-0.1, -0.05) is 54.6 Å². The van der Waals surface area contributed by atoms with E-state index in [4.69, 9.17) is 9.15 Å². The van der Waals surface area contributed by atoms with Gasteiger partial charge in [0.1, 0.15) is 5.75 Å². The number of carbonyl (C=O) groups excluding carboxylic acids is 3. The number of carbonyl (C=O) groups is 3. The van der Waals surface area contributed by atoms with Gasteiger partial charge in [-0.05, 0) is 64.0 Å². The summed E-state index contributed by atoms with van der Waals surface area (Å²) < 4.78 is 10.3. The van der Waals surface area contributed by atoms with Crippen LogP contribution in [0.25, 0.3) is 16.8 Å². The van der Waals surface area contributed by atoms with Crippen LogP contribution < -0.4 is 4.74 Å². The Balaban J connectivity index is 1.31. The number of fused-ring (bicyclic) bond motifs is 1. The van der Waals surface area contributed by atoms with Crippen LogP contribution in [0.5, 0.6) is 5.75 Å². The quantitative estimate of drug-likeness (QED) is 0.212. The van der Waals surface area contributed by atoms with Gasteiger partial charge in [0.25, 0.3) is 11.1 Å². The predicted molar refractivity (Wildman–Crippen MR) is 126 cm³/mol. The Kier molecular flexibility index (Phi) is 5.54. The topological polar surface area (TPSA) is 76.8 Å². The molecule has 6 nitrogen and oxygen atoms in total. The standard InChI is InChI=1S/C26H17NO5S/c28-24-23(15-17-10-12-20(13-11-17)32-25(29)22-9-4-14-31-22)33-26(30)27(24)16-19-7-3-6-18-5-1-2-8-21(18)19/h1-15H,16H2/b23-15-. The molecule has 7 heteroatoms. The number of nitrogens with zero attached hydrogens (tertiary/aromatic N) is 1. The molecule has 0 N–H and O–H groups in total. The Morgan fingerprint density at radius 3 is 2.52 bits per heavy atom. The number of amides is 2. The molecule has 2 amide bonds. The molecule has 1 aliphatic heterocycles. The van der Waals surface area contributed by atoms with E-state index in [9.17, 15) is 14.4 Å². The number of thioether (sulfide) groups is 1. The SMILES string of the molecule is O=C(Oc1ccc(/C=C2\SC(=O)N(Cc3cccc4ccccc34)C2=O)cc1)c1ccco1. The zero-order valence-electron chi connectivity index (χ0n) is 17.3. The molecule has 0 bridgehead atoms. The van der Waals surface area contributed by atoms with E-state index in [2.05, 4.69) is 0 Å². The second kappa shape index (κ2) is 8.80. The fraction of sp³-hybridized carbons (Fsp3) is 0.0385. The predicted octanol–water partition coefficient (Wildman–Crippen LogP) is 5.89. The molecule has 33 heavy (non-hydrogen) atoms. The Labute approximate surface area is 193 Å². The highest BCUT2D eigenvalue weighted by Crippen LogP contribution is 2.34. The van der Waals surface area contributed by atoms with Crippen LogP contribution in [0.1, 0.15) is 21.7 Å². The average Bonchev–Trinajstić information content (AvgIpc) is 3.46. The number of furan rings is 1. The van der Waals surface area contributed by atoms with Crippen molar-refractivity contribution in [2.75, 3.05) is 0 Å². The Hall–Kier alpha value is -4.10. The summed E-state index contributed by atoms with van der Waals surface area (Å²) in [5, 5.41) is 1.77.